The molecule has 0 unspecified atom stereocenters. The molecule has 0 saturated carbocycles. The third kappa shape index (κ3) is 4.95. The van der Waals surface area contributed by atoms with Crippen LogP contribution in [0.15, 0.2) is 36.7 Å². The maximum atomic E-state index is 12.8. The predicted molar refractivity (Wildman–Crippen MR) is 108 cm³/mol. The van der Waals surface area contributed by atoms with Crippen molar-refractivity contribution in [2.75, 3.05) is 55.0 Å². The highest BCUT2D eigenvalue weighted by Crippen LogP contribution is 2.26. The quantitative estimate of drug-likeness (QED) is 0.809. The Morgan fingerprint density at radius 3 is 2.81 bits per heavy atom. The average molecular weight is 369 g/mol. The Kier molecular flexibility index (Phi) is 6.59. The number of carbonyl (C=O) groups excluding carboxylic acids is 1. The Hall–Kier alpha value is -2.67. The van der Waals surface area contributed by atoms with E-state index in [1.807, 2.05) is 36.2 Å². The normalized spacial score (nSPS) is 14.1. The maximum Gasteiger partial charge on any atom is 0.274 e. The number of para-hydroxylation sites is 2. The first kappa shape index (κ1) is 19.1. The zero-order valence-corrected chi connectivity index (χ0v) is 16.0. The Bertz CT molecular complexity index is 762. The van der Waals surface area contributed by atoms with E-state index in [0.717, 1.165) is 49.7 Å². The molecule has 1 aliphatic rings. The van der Waals surface area contributed by atoms with Crippen LogP contribution in [-0.4, -0.2) is 55.8 Å². The molecule has 0 aliphatic carbocycles. The lowest BCUT2D eigenvalue weighted by Gasteiger charge is -2.30. The van der Waals surface area contributed by atoms with Crippen LogP contribution in [0.2, 0.25) is 0 Å². The van der Waals surface area contributed by atoms with Gasteiger partial charge in [0.25, 0.3) is 5.91 Å². The van der Waals surface area contributed by atoms with Gasteiger partial charge >= 0.3 is 0 Å². The van der Waals surface area contributed by atoms with Gasteiger partial charge in [0.1, 0.15) is 17.8 Å². The van der Waals surface area contributed by atoms with Gasteiger partial charge in [0.15, 0.2) is 0 Å². The molecule has 1 fully saturated rings. The molecular weight excluding hydrogens is 342 g/mol. The Morgan fingerprint density at radius 2 is 2.04 bits per heavy atom. The molecule has 0 radical (unpaired) electrons. The lowest BCUT2D eigenvalue weighted by atomic mass is 10.2. The predicted octanol–water partition coefficient (Wildman–Crippen LogP) is 2.80. The summed E-state index contributed by atoms with van der Waals surface area (Å²) in [7, 11) is 1.98. The molecule has 1 aliphatic heterocycles. The fourth-order valence-corrected chi connectivity index (χ4v) is 3.04. The minimum absolute atomic E-state index is 0.233. The average Bonchev–Trinajstić information content (AvgIpc) is 2.73. The number of unbranched alkanes of at least 4 members (excludes halogenated alkanes) is 1. The smallest absolute Gasteiger partial charge is 0.274 e. The molecule has 1 N–H and O–H groups in total. The first-order valence-electron chi connectivity index (χ1n) is 9.45. The van der Waals surface area contributed by atoms with Gasteiger partial charge < -0.3 is 19.9 Å². The largest absolute Gasteiger partial charge is 0.378 e. The van der Waals surface area contributed by atoms with Crippen LogP contribution >= 0.6 is 0 Å². The van der Waals surface area contributed by atoms with Gasteiger partial charge in [0.2, 0.25) is 0 Å². The molecule has 0 bridgehead atoms. The summed E-state index contributed by atoms with van der Waals surface area (Å²) in [5.74, 6) is 0.522. The second-order valence-corrected chi connectivity index (χ2v) is 6.61. The Balaban J connectivity index is 1.74. The third-order valence-electron chi connectivity index (χ3n) is 4.63. The van der Waals surface area contributed by atoms with E-state index in [1.54, 1.807) is 6.07 Å². The number of anilines is 3. The van der Waals surface area contributed by atoms with E-state index in [-0.39, 0.29) is 5.91 Å². The van der Waals surface area contributed by atoms with Crippen LogP contribution < -0.4 is 15.1 Å². The standard InChI is InChI=1S/C20H27N5O2/c1-3-4-9-24(2)19-14-17(21-15-22-19)20(26)23-16-7-5-6-8-18(16)25-10-12-27-13-11-25/h5-8,14-15H,3-4,9-13H2,1-2H3,(H,23,26). The number of morpholine rings is 1. The van der Waals surface area contributed by atoms with E-state index in [9.17, 15) is 4.79 Å². The molecule has 0 atom stereocenters. The number of benzene rings is 1. The fourth-order valence-electron chi connectivity index (χ4n) is 3.04. The van der Waals surface area contributed by atoms with Crippen LogP contribution in [0.5, 0.6) is 0 Å². The first-order valence-corrected chi connectivity index (χ1v) is 9.45. The molecule has 2 heterocycles. The van der Waals surface area contributed by atoms with Gasteiger partial charge in [-0.15, -0.1) is 0 Å². The molecule has 27 heavy (non-hydrogen) atoms. The minimum Gasteiger partial charge on any atom is -0.378 e. The summed E-state index contributed by atoms with van der Waals surface area (Å²) in [6.45, 7) is 6.07. The molecule has 1 aromatic carbocycles. The number of hydrogen-bond acceptors (Lipinski definition) is 6. The fraction of sp³-hybridized carbons (Fsp3) is 0.450. The summed E-state index contributed by atoms with van der Waals surface area (Å²) < 4.78 is 5.42. The van der Waals surface area contributed by atoms with Crippen molar-refractivity contribution < 1.29 is 9.53 Å². The lowest BCUT2D eigenvalue weighted by Crippen LogP contribution is -2.36. The van der Waals surface area contributed by atoms with Crippen molar-refractivity contribution in [2.24, 2.45) is 0 Å². The summed E-state index contributed by atoms with van der Waals surface area (Å²) in [5.41, 5.74) is 2.15. The number of rotatable bonds is 7. The van der Waals surface area contributed by atoms with E-state index < -0.39 is 0 Å². The van der Waals surface area contributed by atoms with E-state index in [0.29, 0.717) is 18.9 Å². The van der Waals surface area contributed by atoms with Crippen molar-refractivity contribution in [2.45, 2.75) is 19.8 Å². The number of ether oxygens (including phenoxy) is 1. The number of aromatic nitrogens is 2. The van der Waals surface area contributed by atoms with Crippen LogP contribution in [0.25, 0.3) is 0 Å². The molecular formula is C20H27N5O2. The first-order chi connectivity index (χ1) is 13.2. The maximum absolute atomic E-state index is 12.8. The van der Waals surface area contributed by atoms with E-state index in [4.69, 9.17) is 4.74 Å². The van der Waals surface area contributed by atoms with Crippen LogP contribution in [0.3, 0.4) is 0 Å². The van der Waals surface area contributed by atoms with Crippen LogP contribution in [0, 0.1) is 0 Å². The zero-order chi connectivity index (χ0) is 19.1. The van der Waals surface area contributed by atoms with Gasteiger partial charge in [-0.25, -0.2) is 9.97 Å². The van der Waals surface area contributed by atoms with E-state index in [1.165, 1.54) is 6.33 Å². The van der Waals surface area contributed by atoms with Gasteiger partial charge in [-0.05, 0) is 18.6 Å². The van der Waals surface area contributed by atoms with Gasteiger partial charge in [0, 0.05) is 32.7 Å². The molecule has 7 heteroatoms. The molecule has 2 aromatic rings. The van der Waals surface area contributed by atoms with Crippen molar-refractivity contribution in [3.8, 4) is 0 Å². The monoisotopic (exact) mass is 369 g/mol. The molecule has 0 spiro atoms. The number of nitrogens with zero attached hydrogens (tertiary/aromatic N) is 4. The zero-order valence-electron chi connectivity index (χ0n) is 16.0. The molecule has 144 valence electrons. The molecule has 1 saturated heterocycles. The van der Waals surface area contributed by atoms with Crippen LogP contribution in [0.4, 0.5) is 17.2 Å². The highest BCUT2D eigenvalue weighted by Gasteiger charge is 2.17. The van der Waals surface area contributed by atoms with Gasteiger partial charge in [0.05, 0.1) is 24.6 Å². The van der Waals surface area contributed by atoms with Crippen LogP contribution in [0.1, 0.15) is 30.3 Å². The van der Waals surface area contributed by atoms with Crippen molar-refractivity contribution in [1.82, 2.24) is 9.97 Å². The van der Waals surface area contributed by atoms with Gasteiger partial charge in [-0.1, -0.05) is 25.5 Å². The number of nitrogens with one attached hydrogen (secondary N) is 1. The van der Waals surface area contributed by atoms with Crippen molar-refractivity contribution >= 4 is 23.1 Å². The second-order valence-electron chi connectivity index (χ2n) is 6.61. The van der Waals surface area contributed by atoms with Gasteiger partial charge in [-0.3, -0.25) is 4.79 Å². The highest BCUT2D eigenvalue weighted by atomic mass is 16.5. The molecule has 3 rings (SSSR count). The highest BCUT2D eigenvalue weighted by molar-refractivity contribution is 6.05. The molecule has 1 amide bonds. The summed E-state index contributed by atoms with van der Waals surface area (Å²) >= 11 is 0. The lowest BCUT2D eigenvalue weighted by molar-refractivity contribution is 0.102. The summed E-state index contributed by atoms with van der Waals surface area (Å²) in [6, 6.07) is 9.57. The third-order valence-corrected chi connectivity index (χ3v) is 4.63. The van der Waals surface area contributed by atoms with Gasteiger partial charge in [-0.2, -0.15) is 0 Å². The topological polar surface area (TPSA) is 70.6 Å². The van der Waals surface area contributed by atoms with E-state index in [2.05, 4.69) is 27.1 Å². The minimum atomic E-state index is -0.233. The van der Waals surface area contributed by atoms with Crippen molar-refractivity contribution in [3.63, 3.8) is 0 Å². The number of carbonyl (C=O) groups is 1. The summed E-state index contributed by atoms with van der Waals surface area (Å²) in [4.78, 5) is 25.5. The van der Waals surface area contributed by atoms with Crippen molar-refractivity contribution in [1.29, 1.82) is 0 Å². The van der Waals surface area contributed by atoms with Crippen LogP contribution in [-0.2, 0) is 4.74 Å². The van der Waals surface area contributed by atoms with E-state index >= 15 is 0 Å². The number of amides is 1. The second kappa shape index (κ2) is 9.32. The Morgan fingerprint density at radius 1 is 1.26 bits per heavy atom. The Labute approximate surface area is 160 Å². The SMILES string of the molecule is CCCCN(C)c1cc(C(=O)Nc2ccccc2N2CCOCC2)ncn1. The number of hydrogen-bond donors (Lipinski definition) is 1. The summed E-state index contributed by atoms with van der Waals surface area (Å²) in [6.07, 6.45) is 3.64. The summed E-state index contributed by atoms with van der Waals surface area (Å²) in [5, 5.41) is 3.00. The van der Waals surface area contributed by atoms with Crippen molar-refractivity contribution in [3.05, 3.63) is 42.4 Å². The molecule has 1 aromatic heterocycles. The molecule has 7 nitrogen and oxygen atoms in total.